The summed E-state index contributed by atoms with van der Waals surface area (Å²) >= 11 is 5.60. The summed E-state index contributed by atoms with van der Waals surface area (Å²) in [6, 6.07) is 0. The summed E-state index contributed by atoms with van der Waals surface area (Å²) < 4.78 is 5.95. The Hall–Kier alpha value is -0.550. The molecule has 0 fully saturated rings. The number of nitrogens with zero attached hydrogens (tertiary/aromatic N) is 1. The maximum absolute atomic E-state index is 12.5. The lowest BCUT2D eigenvalue weighted by atomic mass is 10.1. The second-order valence-electron chi connectivity index (χ2n) is 4.64. The molecule has 0 aromatic heterocycles. The summed E-state index contributed by atoms with van der Waals surface area (Å²) in [7, 11) is 2.52. The Labute approximate surface area is 184 Å². The predicted octanol–water partition coefficient (Wildman–Crippen LogP) is 2.34. The molecule has 0 saturated carbocycles. The first-order valence-corrected chi connectivity index (χ1v) is 9.75. The summed E-state index contributed by atoms with van der Waals surface area (Å²) in [6.07, 6.45) is 0.351. The fourth-order valence-electron chi connectivity index (χ4n) is 1.75. The van der Waals surface area contributed by atoms with E-state index in [1.54, 1.807) is 6.29 Å². The number of hydrogen-bond acceptors (Lipinski definition) is 6. The normalized spacial score (nSPS) is 10.3. The Bertz CT molecular complexity index is 738. The number of ketones is 1. The largest absolute Gasteiger partial charge is 0.465 e. The number of hydrogen-bond donors (Lipinski definition) is 2. The number of carbonyl (C=O) groups excluding carboxylic acids is 3. The van der Waals surface area contributed by atoms with E-state index in [1.165, 1.54) is 7.11 Å². The maximum Gasteiger partial charge on any atom is 0.414 e. The number of imide groups is 1. The van der Waals surface area contributed by atoms with Gasteiger partial charge in [-0.25, -0.2) is 9.69 Å². The number of methoxy groups -OCH3 is 1. The van der Waals surface area contributed by atoms with Gasteiger partial charge in [0.15, 0.2) is 5.78 Å². The maximum atomic E-state index is 12.5. The predicted molar refractivity (Wildman–Crippen MR) is 115 cm³/mol. The van der Waals surface area contributed by atoms with Gasteiger partial charge in [-0.15, -0.1) is 0 Å². The molecule has 1 rings (SSSR count). The molecule has 8 nitrogen and oxygen atoms in total. The van der Waals surface area contributed by atoms with Crippen molar-refractivity contribution < 1.29 is 29.0 Å². The summed E-state index contributed by atoms with van der Waals surface area (Å²) in [5.41, 5.74) is 0.587. The van der Waals surface area contributed by atoms with Crippen molar-refractivity contribution in [3.63, 3.8) is 0 Å². The molecule has 0 aliphatic carbocycles. The molecule has 0 unspecified atom stereocenters. The van der Waals surface area contributed by atoms with E-state index in [2.05, 4.69) is 5.32 Å². The zero-order chi connectivity index (χ0) is 19.3. The second-order valence-corrected chi connectivity index (χ2v) is 7.88. The topological polar surface area (TPSA) is 113 Å². The molecule has 0 atom stereocenters. The van der Waals surface area contributed by atoms with Gasteiger partial charge in [-0.2, -0.15) is 0 Å². The number of amides is 2. The molecular weight excluding hydrogens is 673 g/mol. The summed E-state index contributed by atoms with van der Waals surface area (Å²) in [5, 5.41) is 11.9. The lowest BCUT2D eigenvalue weighted by Gasteiger charge is -2.19. The minimum absolute atomic E-state index is 0.0616. The highest BCUT2D eigenvalue weighted by Gasteiger charge is 2.28. The summed E-state index contributed by atoms with van der Waals surface area (Å²) in [6.45, 7) is -0.147. The molecule has 1 radical (unpaired) electrons. The molecule has 1 aromatic carbocycles. The van der Waals surface area contributed by atoms with Crippen LogP contribution in [0.3, 0.4) is 0 Å². The SMILES string of the molecule is COCC(=O)CNc1c(I)c([C]=O)c(I)c(C(=O)N(C)C(=O)O)c1I. The van der Waals surface area contributed by atoms with E-state index in [1.807, 2.05) is 67.8 Å². The van der Waals surface area contributed by atoms with Crippen LogP contribution in [0.2, 0.25) is 0 Å². The van der Waals surface area contributed by atoms with Gasteiger partial charge in [-0.1, -0.05) is 0 Å². The fraction of sp³-hybridized carbons (Fsp3) is 0.286. The molecule has 0 aliphatic rings. The summed E-state index contributed by atoms with van der Waals surface area (Å²) in [4.78, 5) is 47.1. The third-order valence-electron chi connectivity index (χ3n) is 2.99. The van der Waals surface area contributed by atoms with Crippen molar-refractivity contribution in [1.29, 1.82) is 0 Å². The third-order valence-corrected chi connectivity index (χ3v) is 6.23. The van der Waals surface area contributed by atoms with Gasteiger partial charge in [0.05, 0.1) is 26.9 Å². The molecule has 0 spiro atoms. The van der Waals surface area contributed by atoms with Gasteiger partial charge < -0.3 is 15.2 Å². The Morgan fingerprint density at radius 2 is 1.80 bits per heavy atom. The van der Waals surface area contributed by atoms with Crippen LogP contribution in [-0.2, 0) is 14.3 Å². The zero-order valence-electron chi connectivity index (χ0n) is 13.0. The molecule has 2 amide bonds. The van der Waals surface area contributed by atoms with Gasteiger partial charge in [0.25, 0.3) is 5.91 Å². The number of nitrogens with one attached hydrogen (secondary N) is 1. The minimum Gasteiger partial charge on any atom is -0.465 e. The van der Waals surface area contributed by atoms with E-state index in [4.69, 9.17) is 9.84 Å². The number of carbonyl (C=O) groups is 3. The Kier molecular flexibility index (Phi) is 8.96. The number of halogens is 3. The van der Waals surface area contributed by atoms with Gasteiger partial charge in [-0.3, -0.25) is 14.4 Å². The van der Waals surface area contributed by atoms with Crippen molar-refractivity contribution in [2.45, 2.75) is 0 Å². The monoisotopic (exact) mass is 685 g/mol. The average Bonchev–Trinajstić information content (AvgIpc) is 2.54. The van der Waals surface area contributed by atoms with Crippen LogP contribution in [0.5, 0.6) is 0 Å². The Morgan fingerprint density at radius 3 is 2.28 bits per heavy atom. The van der Waals surface area contributed by atoms with Crippen LogP contribution in [0.1, 0.15) is 15.9 Å². The molecule has 0 heterocycles. The molecule has 0 saturated heterocycles. The molecule has 11 heteroatoms. The van der Waals surface area contributed by atoms with Crippen LogP contribution < -0.4 is 5.32 Å². The van der Waals surface area contributed by atoms with E-state index in [9.17, 15) is 19.2 Å². The van der Waals surface area contributed by atoms with Crippen molar-refractivity contribution in [2.24, 2.45) is 0 Å². The number of Topliss-reactive ketones (excluding diaryl/α,β-unsaturated/α-hetero) is 1. The number of benzene rings is 1. The van der Waals surface area contributed by atoms with Crippen LogP contribution in [0, 0.1) is 10.7 Å². The average molecular weight is 685 g/mol. The van der Waals surface area contributed by atoms with Crippen molar-refractivity contribution in [3.05, 3.63) is 21.8 Å². The van der Waals surface area contributed by atoms with Crippen molar-refractivity contribution in [2.75, 3.05) is 32.6 Å². The molecule has 1 aromatic rings. The minimum atomic E-state index is -1.42. The summed E-state index contributed by atoms with van der Waals surface area (Å²) in [5.74, 6) is -1.000. The van der Waals surface area contributed by atoms with Gasteiger partial charge >= 0.3 is 6.09 Å². The highest BCUT2D eigenvalue weighted by molar-refractivity contribution is 14.1. The first-order chi connectivity index (χ1) is 11.7. The van der Waals surface area contributed by atoms with E-state index in [0.717, 1.165) is 7.05 Å². The molecule has 0 bridgehead atoms. The van der Waals surface area contributed by atoms with E-state index >= 15 is 0 Å². The zero-order valence-corrected chi connectivity index (χ0v) is 19.5. The fourth-order valence-corrected chi connectivity index (χ4v) is 5.98. The van der Waals surface area contributed by atoms with Crippen LogP contribution in [0.25, 0.3) is 0 Å². The quantitative estimate of drug-likeness (QED) is 0.425. The second kappa shape index (κ2) is 9.96. The standard InChI is InChI=1S/C14H12I3N2O6/c1-19(14(23)24)13(22)8-9(15)7(4-20)10(16)12(11(8)17)18-3-6(21)5-25-2/h18H,3,5H2,1-2H3,(H,23,24). The van der Waals surface area contributed by atoms with Crippen LogP contribution >= 0.6 is 67.8 Å². The Morgan fingerprint density at radius 1 is 1.20 bits per heavy atom. The third kappa shape index (κ3) is 5.22. The van der Waals surface area contributed by atoms with Crippen molar-refractivity contribution in [1.82, 2.24) is 4.90 Å². The first kappa shape index (κ1) is 22.5. The smallest absolute Gasteiger partial charge is 0.414 e. The Balaban J connectivity index is 3.46. The van der Waals surface area contributed by atoms with Crippen molar-refractivity contribution in [3.8, 4) is 0 Å². The highest BCUT2D eigenvalue weighted by atomic mass is 127. The van der Waals surface area contributed by atoms with Gasteiger partial charge in [0.1, 0.15) is 6.61 Å². The van der Waals surface area contributed by atoms with E-state index in [0.29, 0.717) is 21.3 Å². The van der Waals surface area contributed by atoms with Gasteiger partial charge in [0.2, 0.25) is 6.29 Å². The van der Waals surface area contributed by atoms with Crippen LogP contribution in [0.15, 0.2) is 0 Å². The molecular formula is C14H12I3N2O6. The number of anilines is 1. The van der Waals surface area contributed by atoms with Crippen molar-refractivity contribution >= 4 is 97.5 Å². The molecule has 25 heavy (non-hydrogen) atoms. The van der Waals surface area contributed by atoms with Crippen LogP contribution in [0.4, 0.5) is 10.5 Å². The lowest BCUT2D eigenvalue weighted by Crippen LogP contribution is -2.33. The van der Waals surface area contributed by atoms with E-state index < -0.39 is 12.0 Å². The molecule has 135 valence electrons. The number of ether oxygens (including phenoxy) is 1. The van der Waals surface area contributed by atoms with E-state index in [-0.39, 0.29) is 30.1 Å². The molecule has 2 N–H and O–H groups in total. The van der Waals surface area contributed by atoms with Gasteiger partial charge in [-0.05, 0) is 67.8 Å². The number of carboxylic acid groups (broad SMARTS) is 1. The van der Waals surface area contributed by atoms with Crippen LogP contribution in [-0.4, -0.2) is 61.4 Å². The first-order valence-electron chi connectivity index (χ1n) is 6.51. The number of rotatable bonds is 7. The van der Waals surface area contributed by atoms with Gasteiger partial charge in [0, 0.05) is 21.3 Å². The lowest BCUT2D eigenvalue weighted by molar-refractivity contribution is -0.120. The molecule has 0 aliphatic heterocycles. The highest BCUT2D eigenvalue weighted by Crippen LogP contribution is 2.35.